The Hall–Kier alpha value is -1.60. The van der Waals surface area contributed by atoms with Crippen molar-refractivity contribution in [1.82, 2.24) is 0 Å². The highest BCUT2D eigenvalue weighted by molar-refractivity contribution is 5.63. The summed E-state index contributed by atoms with van der Waals surface area (Å²) < 4.78 is 0. The van der Waals surface area contributed by atoms with Crippen LogP contribution in [0.5, 0.6) is 0 Å². The van der Waals surface area contributed by atoms with E-state index in [1.807, 2.05) is 19.9 Å². The minimum Gasteiger partial charge on any atom is -0.330 e. The molecule has 0 aliphatic heterocycles. The lowest BCUT2D eigenvalue weighted by Crippen LogP contribution is -2.02. The summed E-state index contributed by atoms with van der Waals surface area (Å²) in [6.07, 6.45) is 0.953. The lowest BCUT2D eigenvalue weighted by atomic mass is 10.0. The summed E-state index contributed by atoms with van der Waals surface area (Å²) in [6, 6.07) is 19.0. The molecule has 0 unspecified atom stereocenters. The summed E-state index contributed by atoms with van der Waals surface area (Å²) in [7, 11) is 0. The fourth-order valence-electron chi connectivity index (χ4n) is 1.66. The summed E-state index contributed by atoms with van der Waals surface area (Å²) in [5, 5.41) is 0. The Morgan fingerprint density at radius 2 is 1.29 bits per heavy atom. The summed E-state index contributed by atoms with van der Waals surface area (Å²) in [4.78, 5) is 0. The van der Waals surface area contributed by atoms with E-state index < -0.39 is 0 Å². The second-order valence-electron chi connectivity index (χ2n) is 3.60. The Kier molecular flexibility index (Phi) is 6.05. The second-order valence-corrected chi connectivity index (χ2v) is 3.60. The quantitative estimate of drug-likeness (QED) is 0.846. The van der Waals surface area contributed by atoms with Crippen LogP contribution in [-0.2, 0) is 6.42 Å². The maximum absolute atomic E-state index is 5.51. The first-order valence-electron chi connectivity index (χ1n) is 6.24. The number of hydrogen-bond donors (Lipinski definition) is 1. The Labute approximate surface area is 104 Å². The van der Waals surface area contributed by atoms with Crippen molar-refractivity contribution in [3.8, 4) is 11.1 Å². The van der Waals surface area contributed by atoms with Gasteiger partial charge in [-0.2, -0.15) is 0 Å². The van der Waals surface area contributed by atoms with Crippen LogP contribution in [-0.4, -0.2) is 6.54 Å². The van der Waals surface area contributed by atoms with Crippen molar-refractivity contribution >= 4 is 0 Å². The van der Waals surface area contributed by atoms with Gasteiger partial charge in [0.2, 0.25) is 0 Å². The highest BCUT2D eigenvalue weighted by atomic mass is 14.5. The molecular formula is C16H21N. The van der Waals surface area contributed by atoms with E-state index in [0.29, 0.717) is 6.54 Å². The Morgan fingerprint density at radius 1 is 0.765 bits per heavy atom. The monoisotopic (exact) mass is 227 g/mol. The Bertz CT molecular complexity index is 403. The third-order valence-electron chi connectivity index (χ3n) is 2.49. The highest BCUT2D eigenvalue weighted by Crippen LogP contribution is 2.19. The van der Waals surface area contributed by atoms with Crippen molar-refractivity contribution in [2.24, 2.45) is 5.73 Å². The second kappa shape index (κ2) is 7.64. The number of hydrogen-bond acceptors (Lipinski definition) is 1. The van der Waals surface area contributed by atoms with Crippen LogP contribution in [0.15, 0.2) is 54.6 Å². The van der Waals surface area contributed by atoms with Gasteiger partial charge in [0.25, 0.3) is 0 Å². The van der Waals surface area contributed by atoms with Gasteiger partial charge >= 0.3 is 0 Å². The van der Waals surface area contributed by atoms with Crippen molar-refractivity contribution in [2.75, 3.05) is 6.54 Å². The van der Waals surface area contributed by atoms with E-state index in [1.165, 1.54) is 16.7 Å². The molecule has 0 bridgehead atoms. The maximum Gasteiger partial charge on any atom is -0.00367 e. The van der Waals surface area contributed by atoms with Gasteiger partial charge in [-0.1, -0.05) is 68.4 Å². The molecule has 0 radical (unpaired) electrons. The van der Waals surface area contributed by atoms with Gasteiger partial charge in [0, 0.05) is 0 Å². The van der Waals surface area contributed by atoms with Gasteiger partial charge in [-0.3, -0.25) is 0 Å². The molecule has 0 aliphatic carbocycles. The van der Waals surface area contributed by atoms with E-state index >= 15 is 0 Å². The van der Waals surface area contributed by atoms with Crippen molar-refractivity contribution in [3.05, 3.63) is 60.2 Å². The minimum absolute atomic E-state index is 0.713. The standard InChI is InChI=1S/C14H15N.C2H6/c15-11-10-12-6-8-14(9-7-12)13-4-2-1-3-5-13;1-2/h1-9H,10-11,15H2;1-2H3. The predicted octanol–water partition coefficient (Wildman–Crippen LogP) is 3.88. The van der Waals surface area contributed by atoms with Crippen LogP contribution in [0.25, 0.3) is 11.1 Å². The molecule has 1 nitrogen and oxygen atoms in total. The molecule has 2 rings (SSSR count). The first-order valence-corrected chi connectivity index (χ1v) is 6.24. The smallest absolute Gasteiger partial charge is 0.00367 e. The molecule has 1 heteroatoms. The van der Waals surface area contributed by atoms with Crippen LogP contribution in [0.4, 0.5) is 0 Å². The van der Waals surface area contributed by atoms with Gasteiger partial charge in [0.05, 0.1) is 0 Å². The predicted molar refractivity (Wildman–Crippen MR) is 76.0 cm³/mol. The first-order chi connectivity index (χ1) is 8.40. The largest absolute Gasteiger partial charge is 0.330 e. The van der Waals surface area contributed by atoms with E-state index in [-0.39, 0.29) is 0 Å². The van der Waals surface area contributed by atoms with Crippen LogP contribution in [0, 0.1) is 0 Å². The van der Waals surface area contributed by atoms with Gasteiger partial charge in [0.15, 0.2) is 0 Å². The zero-order chi connectivity index (χ0) is 12.5. The van der Waals surface area contributed by atoms with Gasteiger partial charge in [-0.05, 0) is 29.7 Å². The van der Waals surface area contributed by atoms with E-state index in [2.05, 4.69) is 48.5 Å². The fourth-order valence-corrected chi connectivity index (χ4v) is 1.66. The van der Waals surface area contributed by atoms with E-state index in [9.17, 15) is 0 Å². The Morgan fingerprint density at radius 3 is 1.82 bits per heavy atom. The Balaban J connectivity index is 0.000000686. The molecule has 0 amide bonds. The zero-order valence-electron chi connectivity index (χ0n) is 10.7. The molecule has 90 valence electrons. The van der Waals surface area contributed by atoms with Gasteiger partial charge in [-0.15, -0.1) is 0 Å². The minimum atomic E-state index is 0.713. The molecule has 2 N–H and O–H groups in total. The molecule has 0 saturated carbocycles. The molecule has 0 aliphatic rings. The maximum atomic E-state index is 5.51. The van der Waals surface area contributed by atoms with Gasteiger partial charge in [0.1, 0.15) is 0 Å². The van der Waals surface area contributed by atoms with E-state index in [4.69, 9.17) is 5.73 Å². The third kappa shape index (κ3) is 4.04. The van der Waals surface area contributed by atoms with E-state index in [0.717, 1.165) is 6.42 Å². The third-order valence-corrected chi connectivity index (χ3v) is 2.49. The molecule has 2 aromatic rings. The number of rotatable bonds is 3. The molecule has 0 aromatic heterocycles. The summed E-state index contributed by atoms with van der Waals surface area (Å²) in [5.74, 6) is 0. The van der Waals surface area contributed by atoms with E-state index in [1.54, 1.807) is 0 Å². The molecule has 0 saturated heterocycles. The molecule has 0 fully saturated rings. The van der Waals surface area contributed by atoms with Gasteiger partial charge in [-0.25, -0.2) is 0 Å². The lowest BCUT2D eigenvalue weighted by molar-refractivity contribution is 0.969. The summed E-state index contributed by atoms with van der Waals surface area (Å²) in [6.45, 7) is 4.71. The molecule has 2 aromatic carbocycles. The average molecular weight is 227 g/mol. The van der Waals surface area contributed by atoms with Crippen LogP contribution < -0.4 is 5.73 Å². The van der Waals surface area contributed by atoms with Crippen molar-refractivity contribution in [3.63, 3.8) is 0 Å². The van der Waals surface area contributed by atoms with Crippen LogP contribution >= 0.6 is 0 Å². The first kappa shape index (κ1) is 13.5. The normalized spacial score (nSPS) is 9.35. The topological polar surface area (TPSA) is 26.0 Å². The fraction of sp³-hybridized carbons (Fsp3) is 0.250. The summed E-state index contributed by atoms with van der Waals surface area (Å²) in [5.41, 5.74) is 9.33. The molecule has 17 heavy (non-hydrogen) atoms. The molecule has 0 heterocycles. The van der Waals surface area contributed by atoms with Crippen molar-refractivity contribution in [2.45, 2.75) is 20.3 Å². The average Bonchev–Trinajstić information content (AvgIpc) is 2.43. The van der Waals surface area contributed by atoms with Crippen LogP contribution in [0.2, 0.25) is 0 Å². The zero-order valence-corrected chi connectivity index (χ0v) is 10.7. The van der Waals surface area contributed by atoms with Crippen molar-refractivity contribution in [1.29, 1.82) is 0 Å². The molecular weight excluding hydrogens is 206 g/mol. The number of benzene rings is 2. The lowest BCUT2D eigenvalue weighted by Gasteiger charge is -2.03. The SMILES string of the molecule is CC.NCCc1ccc(-c2ccccc2)cc1. The van der Waals surface area contributed by atoms with Crippen LogP contribution in [0.3, 0.4) is 0 Å². The highest BCUT2D eigenvalue weighted by Gasteiger charge is 1.96. The van der Waals surface area contributed by atoms with Crippen LogP contribution in [0.1, 0.15) is 19.4 Å². The van der Waals surface area contributed by atoms with Crippen molar-refractivity contribution < 1.29 is 0 Å². The number of nitrogens with two attached hydrogens (primary N) is 1. The van der Waals surface area contributed by atoms with Gasteiger partial charge < -0.3 is 5.73 Å². The molecule has 0 atom stereocenters. The summed E-state index contributed by atoms with van der Waals surface area (Å²) >= 11 is 0. The molecule has 0 spiro atoms.